The molecular weight excluding hydrogens is 671 g/mol. The van der Waals surface area contributed by atoms with E-state index >= 15 is 4.39 Å². The number of benzene rings is 2. The number of halogens is 2. The number of piperidine rings is 1. The van der Waals surface area contributed by atoms with Gasteiger partial charge in [-0.15, -0.1) is 13.0 Å². The summed E-state index contributed by atoms with van der Waals surface area (Å²) in [5.74, 6) is 1.58. The van der Waals surface area contributed by atoms with Crippen LogP contribution in [-0.2, 0) is 0 Å². The lowest BCUT2D eigenvalue weighted by Gasteiger charge is -2.35. The zero-order chi connectivity index (χ0) is 36.9. The first kappa shape index (κ1) is 37.0. The third-order valence-electron chi connectivity index (χ3n) is 11.2. The van der Waals surface area contributed by atoms with E-state index in [0.29, 0.717) is 34.1 Å². The first-order valence-electron chi connectivity index (χ1n) is 19.6. The summed E-state index contributed by atoms with van der Waals surface area (Å²) in [6.07, 6.45) is 22.6. The first-order valence-corrected chi connectivity index (χ1v) is 19.6. The zero-order valence-corrected chi connectivity index (χ0v) is 31.0. The van der Waals surface area contributed by atoms with E-state index in [1.165, 1.54) is 81.2 Å². The number of hydrogen-bond acceptors (Lipinski definition) is 8. The number of nitrogens with zero attached hydrogens (tertiary/aromatic N) is 5. The number of anilines is 1. The summed E-state index contributed by atoms with van der Waals surface area (Å²) in [7, 11) is 0. The third-order valence-corrected chi connectivity index (χ3v) is 11.2. The Morgan fingerprint density at radius 2 is 1.68 bits per heavy atom. The van der Waals surface area contributed by atoms with Crippen molar-refractivity contribution in [2.75, 3.05) is 37.6 Å². The Kier molecular flexibility index (Phi) is 11.7. The molecule has 0 aliphatic carbocycles. The standard InChI is InChI=1S/C43H52F2N6O2/c1-4-34-37(44)17-14-29-23-32(52)24-35(38(29)34)40-39(45)41-36(25-46-40)42(51-26-30-15-16-31(27-51)47-30)49-43(48-41)53-33-18-21-50(22-19-33)20-12-10-8-6-5-7-9-11-13-28(2)3/h1,14,17,23-25,30-31,33,47,52H,2,5-13,15-16,18-22,26-27H2,3H3. The number of fused-ring (bicyclic) bond motifs is 4. The maximum absolute atomic E-state index is 16.9. The van der Waals surface area contributed by atoms with Gasteiger partial charge in [0.2, 0.25) is 0 Å². The monoisotopic (exact) mass is 722 g/mol. The maximum Gasteiger partial charge on any atom is 0.319 e. The second-order valence-electron chi connectivity index (χ2n) is 15.4. The average molecular weight is 723 g/mol. The summed E-state index contributed by atoms with van der Waals surface area (Å²) < 4.78 is 38.2. The molecule has 2 bridgehead atoms. The van der Waals surface area contributed by atoms with Crippen molar-refractivity contribution < 1.29 is 18.6 Å². The van der Waals surface area contributed by atoms with Crippen molar-refractivity contribution in [3.63, 3.8) is 0 Å². The summed E-state index contributed by atoms with van der Waals surface area (Å²) in [5, 5.41) is 15.5. The fourth-order valence-electron chi connectivity index (χ4n) is 8.45. The lowest BCUT2D eigenvalue weighted by atomic mass is 9.96. The van der Waals surface area contributed by atoms with Crippen molar-refractivity contribution in [1.29, 1.82) is 0 Å². The number of phenolic OH excluding ortho intramolecular Hbond substituents is 1. The summed E-state index contributed by atoms with van der Waals surface area (Å²) in [5.41, 5.74) is 1.45. The van der Waals surface area contributed by atoms with Crippen LogP contribution in [0.5, 0.6) is 11.8 Å². The van der Waals surface area contributed by atoms with Crippen LogP contribution in [0.1, 0.15) is 96.0 Å². The number of aromatic hydroxyl groups is 1. The Balaban J connectivity index is 1.07. The van der Waals surface area contributed by atoms with Crippen LogP contribution in [0.2, 0.25) is 0 Å². The summed E-state index contributed by atoms with van der Waals surface area (Å²) in [6.45, 7) is 10.6. The van der Waals surface area contributed by atoms with Gasteiger partial charge in [-0.2, -0.15) is 9.97 Å². The number of allylic oxidation sites excluding steroid dienone is 1. The van der Waals surface area contributed by atoms with Gasteiger partial charge in [0.1, 0.15) is 34.7 Å². The molecule has 3 aliphatic rings. The molecule has 5 heterocycles. The predicted molar refractivity (Wildman–Crippen MR) is 208 cm³/mol. The van der Waals surface area contributed by atoms with Gasteiger partial charge in [-0.05, 0) is 82.0 Å². The number of terminal acetylenes is 1. The van der Waals surface area contributed by atoms with E-state index in [1.807, 2.05) is 0 Å². The molecule has 0 radical (unpaired) electrons. The van der Waals surface area contributed by atoms with Gasteiger partial charge in [0.05, 0.1) is 10.9 Å². The summed E-state index contributed by atoms with van der Waals surface area (Å²) in [6, 6.07) is 6.41. The fraction of sp³-hybridized carbons (Fsp3) is 0.512. The molecule has 3 fully saturated rings. The van der Waals surface area contributed by atoms with Gasteiger partial charge >= 0.3 is 6.01 Å². The minimum Gasteiger partial charge on any atom is -0.508 e. The van der Waals surface area contributed by atoms with Gasteiger partial charge in [0.25, 0.3) is 0 Å². The van der Waals surface area contributed by atoms with Crippen LogP contribution in [0, 0.1) is 24.0 Å². The third kappa shape index (κ3) is 8.58. The van der Waals surface area contributed by atoms with Crippen LogP contribution in [0.4, 0.5) is 14.6 Å². The van der Waals surface area contributed by atoms with Gasteiger partial charge in [-0.3, -0.25) is 4.98 Å². The van der Waals surface area contributed by atoms with Crippen LogP contribution in [0.15, 0.2) is 42.6 Å². The molecule has 4 aromatic rings. The van der Waals surface area contributed by atoms with E-state index in [2.05, 4.69) is 44.5 Å². The van der Waals surface area contributed by atoms with E-state index in [-0.39, 0.29) is 40.2 Å². The van der Waals surface area contributed by atoms with Crippen molar-refractivity contribution in [1.82, 2.24) is 25.2 Å². The molecule has 3 aliphatic heterocycles. The highest BCUT2D eigenvalue weighted by Gasteiger charge is 2.34. The molecule has 53 heavy (non-hydrogen) atoms. The molecule has 2 atom stereocenters. The van der Waals surface area contributed by atoms with Crippen molar-refractivity contribution >= 4 is 27.5 Å². The van der Waals surface area contributed by atoms with Crippen LogP contribution in [-0.4, -0.2) is 75.9 Å². The highest BCUT2D eigenvalue weighted by atomic mass is 19.1. The SMILES string of the molecule is C#Cc1c(F)ccc2cc(O)cc(-c3ncc4c(N5CC6CCC(C5)N6)nc(OC5CCN(CCCCCCCCCCC(=C)C)CC5)nc4c3F)c12. The normalized spacial score (nSPS) is 19.2. The number of phenols is 1. The molecule has 7 rings (SSSR count). The minimum absolute atomic E-state index is 0.0191. The highest BCUT2D eigenvalue weighted by Crippen LogP contribution is 2.39. The molecule has 3 saturated heterocycles. The Morgan fingerprint density at radius 1 is 0.981 bits per heavy atom. The fourth-order valence-corrected chi connectivity index (χ4v) is 8.45. The van der Waals surface area contributed by atoms with Gasteiger partial charge < -0.3 is 25.0 Å². The smallest absolute Gasteiger partial charge is 0.319 e. The number of piperazine rings is 1. The summed E-state index contributed by atoms with van der Waals surface area (Å²) >= 11 is 0. The van der Waals surface area contributed by atoms with Crippen LogP contribution in [0.3, 0.4) is 0 Å². The second-order valence-corrected chi connectivity index (χ2v) is 15.4. The zero-order valence-electron chi connectivity index (χ0n) is 31.0. The maximum atomic E-state index is 16.9. The van der Waals surface area contributed by atoms with E-state index in [0.717, 1.165) is 64.8 Å². The number of ether oxygens (including phenoxy) is 1. The molecule has 0 spiro atoms. The molecule has 10 heteroatoms. The number of likely N-dealkylation sites (tertiary alicyclic amines) is 1. The number of aromatic nitrogens is 3. The minimum atomic E-state index is -0.703. The predicted octanol–water partition coefficient (Wildman–Crippen LogP) is 8.68. The molecule has 0 amide bonds. The van der Waals surface area contributed by atoms with E-state index in [1.54, 1.807) is 6.20 Å². The van der Waals surface area contributed by atoms with E-state index in [9.17, 15) is 9.50 Å². The van der Waals surface area contributed by atoms with Crippen molar-refractivity contribution in [3.8, 4) is 35.4 Å². The molecule has 2 unspecified atom stereocenters. The highest BCUT2D eigenvalue weighted by molar-refractivity contribution is 6.03. The van der Waals surface area contributed by atoms with Crippen molar-refractivity contribution in [2.45, 2.75) is 109 Å². The Labute approximate surface area is 312 Å². The molecule has 280 valence electrons. The number of hydrogen-bond donors (Lipinski definition) is 2. The molecule has 2 N–H and O–H groups in total. The number of nitrogens with one attached hydrogen (secondary N) is 1. The van der Waals surface area contributed by atoms with Gasteiger partial charge in [0, 0.05) is 55.4 Å². The lowest BCUT2D eigenvalue weighted by molar-refractivity contribution is 0.0921. The Hall–Kier alpha value is -4.33. The Morgan fingerprint density at radius 3 is 2.38 bits per heavy atom. The quantitative estimate of drug-likeness (QED) is 0.0717. The van der Waals surface area contributed by atoms with E-state index in [4.69, 9.17) is 16.1 Å². The Bertz CT molecular complexity index is 1980. The van der Waals surface area contributed by atoms with Gasteiger partial charge in [0.15, 0.2) is 5.82 Å². The number of pyridine rings is 1. The number of unbranched alkanes of at least 4 members (excludes halogenated alkanes) is 7. The molecule has 8 nitrogen and oxygen atoms in total. The molecule has 0 saturated carbocycles. The molecule has 2 aromatic heterocycles. The summed E-state index contributed by atoms with van der Waals surface area (Å²) in [4.78, 5) is 18.8. The number of rotatable bonds is 15. The lowest BCUT2D eigenvalue weighted by Crippen LogP contribution is -2.51. The first-order chi connectivity index (χ1) is 25.8. The van der Waals surface area contributed by atoms with Crippen molar-refractivity contribution in [2.24, 2.45) is 0 Å². The molecule has 2 aromatic carbocycles. The van der Waals surface area contributed by atoms with Crippen LogP contribution in [0.25, 0.3) is 32.9 Å². The second kappa shape index (κ2) is 16.8. The van der Waals surface area contributed by atoms with Crippen LogP contribution < -0.4 is 15.0 Å². The van der Waals surface area contributed by atoms with Crippen LogP contribution >= 0.6 is 0 Å². The van der Waals surface area contributed by atoms with Gasteiger partial charge in [-0.25, -0.2) is 8.78 Å². The van der Waals surface area contributed by atoms with E-state index < -0.39 is 11.6 Å². The van der Waals surface area contributed by atoms with Gasteiger partial charge in [-0.1, -0.05) is 56.1 Å². The van der Waals surface area contributed by atoms with Crippen molar-refractivity contribution in [3.05, 3.63) is 59.8 Å². The topological polar surface area (TPSA) is 86.6 Å². The molecular formula is C43H52F2N6O2. The largest absolute Gasteiger partial charge is 0.508 e. The average Bonchev–Trinajstić information content (AvgIpc) is 3.49.